The van der Waals surface area contributed by atoms with Crippen molar-refractivity contribution >= 4 is 11.8 Å². The van der Waals surface area contributed by atoms with E-state index in [-0.39, 0.29) is 5.82 Å². The molecule has 118 valence electrons. The SMILES string of the molecule is CCN(CCCNC(=O)OC(C)(C)C)c1cccc(F)c1. The average molecular weight is 296 g/mol. The van der Waals surface area contributed by atoms with Gasteiger partial charge in [0.25, 0.3) is 0 Å². The summed E-state index contributed by atoms with van der Waals surface area (Å²) in [4.78, 5) is 13.6. The third-order valence-corrected chi connectivity index (χ3v) is 2.83. The van der Waals surface area contributed by atoms with Crippen molar-refractivity contribution in [2.24, 2.45) is 0 Å². The van der Waals surface area contributed by atoms with Gasteiger partial charge in [-0.1, -0.05) is 6.07 Å². The van der Waals surface area contributed by atoms with E-state index in [1.165, 1.54) is 12.1 Å². The maximum Gasteiger partial charge on any atom is 0.407 e. The molecule has 1 N–H and O–H groups in total. The molecule has 0 radical (unpaired) electrons. The summed E-state index contributed by atoms with van der Waals surface area (Å²) in [6, 6.07) is 6.53. The van der Waals surface area contributed by atoms with Crippen molar-refractivity contribution in [3.05, 3.63) is 30.1 Å². The van der Waals surface area contributed by atoms with Crippen LogP contribution in [-0.4, -0.2) is 31.3 Å². The van der Waals surface area contributed by atoms with Crippen LogP contribution in [0.5, 0.6) is 0 Å². The van der Waals surface area contributed by atoms with Crippen LogP contribution in [0.25, 0.3) is 0 Å². The molecule has 0 saturated heterocycles. The Morgan fingerprint density at radius 2 is 2.10 bits per heavy atom. The van der Waals surface area contributed by atoms with E-state index in [0.29, 0.717) is 6.54 Å². The van der Waals surface area contributed by atoms with E-state index in [4.69, 9.17) is 4.74 Å². The van der Waals surface area contributed by atoms with Gasteiger partial charge in [0.05, 0.1) is 0 Å². The first-order valence-corrected chi connectivity index (χ1v) is 7.29. The maximum atomic E-state index is 13.2. The number of anilines is 1. The van der Waals surface area contributed by atoms with E-state index in [1.807, 2.05) is 33.8 Å². The van der Waals surface area contributed by atoms with Gasteiger partial charge < -0.3 is 15.0 Å². The first kappa shape index (κ1) is 17.3. The Balaban J connectivity index is 2.35. The van der Waals surface area contributed by atoms with Gasteiger partial charge in [0.15, 0.2) is 0 Å². The number of carbonyl (C=O) groups is 1. The second-order valence-corrected chi connectivity index (χ2v) is 5.84. The summed E-state index contributed by atoms with van der Waals surface area (Å²) in [5.74, 6) is -0.238. The Kier molecular flexibility index (Phi) is 6.46. The molecule has 0 bridgehead atoms. The van der Waals surface area contributed by atoms with Crippen LogP contribution in [-0.2, 0) is 4.74 Å². The number of carbonyl (C=O) groups excluding carboxylic acids is 1. The van der Waals surface area contributed by atoms with Crippen molar-refractivity contribution in [1.29, 1.82) is 0 Å². The molecule has 0 fully saturated rings. The van der Waals surface area contributed by atoms with E-state index in [1.54, 1.807) is 6.07 Å². The highest BCUT2D eigenvalue weighted by molar-refractivity contribution is 5.67. The summed E-state index contributed by atoms with van der Waals surface area (Å²) < 4.78 is 18.4. The number of rotatable bonds is 6. The molecule has 0 aliphatic carbocycles. The second kappa shape index (κ2) is 7.86. The monoisotopic (exact) mass is 296 g/mol. The molecule has 1 rings (SSSR count). The number of ether oxygens (including phenoxy) is 1. The molecule has 0 saturated carbocycles. The lowest BCUT2D eigenvalue weighted by molar-refractivity contribution is 0.0527. The standard InChI is InChI=1S/C16H25FN2O2/c1-5-19(14-9-6-8-13(17)12-14)11-7-10-18-15(20)21-16(2,3)4/h6,8-9,12H,5,7,10-11H2,1-4H3,(H,18,20). The van der Waals surface area contributed by atoms with Gasteiger partial charge in [-0.2, -0.15) is 0 Å². The van der Waals surface area contributed by atoms with Crippen LogP contribution in [0.2, 0.25) is 0 Å². The molecule has 0 heterocycles. The molecule has 1 amide bonds. The largest absolute Gasteiger partial charge is 0.444 e. The van der Waals surface area contributed by atoms with Crippen molar-refractivity contribution in [3.63, 3.8) is 0 Å². The molecule has 0 aliphatic rings. The highest BCUT2D eigenvalue weighted by atomic mass is 19.1. The molecule has 0 spiro atoms. The first-order valence-electron chi connectivity index (χ1n) is 7.29. The average Bonchev–Trinajstić information content (AvgIpc) is 2.36. The summed E-state index contributed by atoms with van der Waals surface area (Å²) >= 11 is 0. The zero-order valence-electron chi connectivity index (χ0n) is 13.3. The van der Waals surface area contributed by atoms with Crippen LogP contribution >= 0.6 is 0 Å². The Bertz CT molecular complexity index is 458. The molecule has 0 aromatic heterocycles. The van der Waals surface area contributed by atoms with Crippen molar-refractivity contribution < 1.29 is 13.9 Å². The third-order valence-electron chi connectivity index (χ3n) is 2.83. The number of hydrogen-bond acceptors (Lipinski definition) is 3. The van der Waals surface area contributed by atoms with Gasteiger partial charge in [-0.25, -0.2) is 9.18 Å². The molecule has 0 aliphatic heterocycles. The number of benzene rings is 1. The van der Waals surface area contributed by atoms with Crippen LogP contribution in [0.15, 0.2) is 24.3 Å². The number of hydrogen-bond donors (Lipinski definition) is 1. The molecular formula is C16H25FN2O2. The number of nitrogens with one attached hydrogen (secondary N) is 1. The Labute approximate surface area is 126 Å². The fraction of sp³-hybridized carbons (Fsp3) is 0.562. The smallest absolute Gasteiger partial charge is 0.407 e. The third kappa shape index (κ3) is 6.97. The lowest BCUT2D eigenvalue weighted by Gasteiger charge is -2.23. The molecule has 4 nitrogen and oxygen atoms in total. The van der Waals surface area contributed by atoms with Crippen molar-refractivity contribution in [2.75, 3.05) is 24.5 Å². The number of nitrogens with zero attached hydrogens (tertiary/aromatic N) is 1. The Hall–Kier alpha value is -1.78. The minimum atomic E-state index is -0.485. The Morgan fingerprint density at radius 1 is 1.38 bits per heavy atom. The molecule has 21 heavy (non-hydrogen) atoms. The predicted octanol–water partition coefficient (Wildman–Crippen LogP) is 3.57. The summed E-state index contributed by atoms with van der Waals surface area (Å²) in [5, 5.41) is 2.72. The van der Waals surface area contributed by atoms with Gasteiger partial charge in [-0.3, -0.25) is 0 Å². The quantitative estimate of drug-likeness (QED) is 0.816. The Morgan fingerprint density at radius 3 is 2.67 bits per heavy atom. The second-order valence-electron chi connectivity index (χ2n) is 5.84. The zero-order chi connectivity index (χ0) is 15.9. The normalized spacial score (nSPS) is 11.1. The molecule has 0 unspecified atom stereocenters. The summed E-state index contributed by atoms with van der Waals surface area (Å²) in [5.41, 5.74) is 0.371. The van der Waals surface area contributed by atoms with Crippen LogP contribution in [0.1, 0.15) is 34.1 Å². The van der Waals surface area contributed by atoms with E-state index in [2.05, 4.69) is 10.2 Å². The highest BCUT2D eigenvalue weighted by Gasteiger charge is 2.15. The fourth-order valence-corrected chi connectivity index (χ4v) is 1.92. The molecule has 0 atom stereocenters. The maximum absolute atomic E-state index is 13.2. The highest BCUT2D eigenvalue weighted by Crippen LogP contribution is 2.15. The minimum absolute atomic E-state index is 0.238. The van der Waals surface area contributed by atoms with E-state index >= 15 is 0 Å². The lowest BCUT2D eigenvalue weighted by Crippen LogP contribution is -2.34. The number of halogens is 1. The number of alkyl carbamates (subject to hydrolysis) is 1. The van der Waals surface area contributed by atoms with E-state index in [9.17, 15) is 9.18 Å². The van der Waals surface area contributed by atoms with Crippen molar-refractivity contribution in [3.8, 4) is 0 Å². The summed E-state index contributed by atoms with van der Waals surface area (Å²) in [6.07, 6.45) is 0.361. The van der Waals surface area contributed by atoms with Crippen LogP contribution in [0.3, 0.4) is 0 Å². The van der Waals surface area contributed by atoms with Crippen molar-refractivity contribution in [1.82, 2.24) is 5.32 Å². The van der Waals surface area contributed by atoms with Crippen molar-refractivity contribution in [2.45, 2.75) is 39.7 Å². The molecule has 1 aromatic carbocycles. The lowest BCUT2D eigenvalue weighted by atomic mass is 10.2. The van der Waals surface area contributed by atoms with Crippen LogP contribution in [0.4, 0.5) is 14.9 Å². The fourth-order valence-electron chi connectivity index (χ4n) is 1.92. The van der Waals surface area contributed by atoms with Gasteiger partial charge in [0, 0.05) is 25.3 Å². The molecule has 5 heteroatoms. The molecular weight excluding hydrogens is 271 g/mol. The van der Waals surface area contributed by atoms with Gasteiger partial charge in [0.1, 0.15) is 11.4 Å². The van der Waals surface area contributed by atoms with Gasteiger partial charge in [0.2, 0.25) is 0 Å². The van der Waals surface area contributed by atoms with Gasteiger partial charge in [-0.05, 0) is 52.3 Å². The number of amides is 1. The first-order chi connectivity index (χ1) is 9.81. The van der Waals surface area contributed by atoms with Gasteiger partial charge >= 0.3 is 6.09 Å². The van der Waals surface area contributed by atoms with Gasteiger partial charge in [-0.15, -0.1) is 0 Å². The predicted molar refractivity (Wildman–Crippen MR) is 83.1 cm³/mol. The molecule has 1 aromatic rings. The summed E-state index contributed by atoms with van der Waals surface area (Å²) in [6.45, 7) is 9.57. The van der Waals surface area contributed by atoms with E-state index in [0.717, 1.165) is 25.2 Å². The van der Waals surface area contributed by atoms with E-state index < -0.39 is 11.7 Å². The minimum Gasteiger partial charge on any atom is -0.444 e. The topological polar surface area (TPSA) is 41.6 Å². The zero-order valence-corrected chi connectivity index (χ0v) is 13.3. The summed E-state index contributed by atoms with van der Waals surface area (Å²) in [7, 11) is 0. The van der Waals surface area contributed by atoms with Crippen LogP contribution < -0.4 is 10.2 Å². The van der Waals surface area contributed by atoms with Crippen LogP contribution in [0, 0.1) is 5.82 Å².